The zero-order valence-electron chi connectivity index (χ0n) is 9.04. The van der Waals surface area contributed by atoms with Crippen molar-refractivity contribution in [3.63, 3.8) is 0 Å². The van der Waals surface area contributed by atoms with E-state index in [0.29, 0.717) is 0 Å². The van der Waals surface area contributed by atoms with E-state index in [9.17, 15) is 0 Å². The lowest BCUT2D eigenvalue weighted by molar-refractivity contribution is 0.706. The molecule has 0 atom stereocenters. The van der Waals surface area contributed by atoms with Gasteiger partial charge in [-0.25, -0.2) is 0 Å². The van der Waals surface area contributed by atoms with Crippen LogP contribution in [0.25, 0.3) is 0 Å². The first-order valence-corrected chi connectivity index (χ1v) is 6.70. The molecular weight excluding hydrogens is 188 g/mol. The van der Waals surface area contributed by atoms with Crippen LogP contribution in [-0.2, 0) is 5.75 Å². The van der Waals surface area contributed by atoms with Crippen LogP contribution < -0.4 is 0 Å². The lowest BCUT2D eigenvalue weighted by Gasteiger charge is -2.01. The van der Waals surface area contributed by atoms with Crippen molar-refractivity contribution in [1.82, 2.24) is 0 Å². The summed E-state index contributed by atoms with van der Waals surface area (Å²) < 4.78 is 0. The minimum Gasteiger partial charge on any atom is -0.157 e. The summed E-state index contributed by atoms with van der Waals surface area (Å²) in [6.07, 6.45) is 5.51. The molecule has 0 N–H and O–H groups in total. The molecule has 0 heterocycles. The zero-order chi connectivity index (χ0) is 10.1. The molecule has 14 heavy (non-hydrogen) atoms. The van der Waals surface area contributed by atoms with Gasteiger partial charge < -0.3 is 0 Å². The maximum absolute atomic E-state index is 2.26. The number of hydrogen-bond acceptors (Lipinski definition) is 1. The van der Waals surface area contributed by atoms with Gasteiger partial charge in [0, 0.05) is 5.75 Å². The van der Waals surface area contributed by atoms with Crippen LogP contribution in [0.2, 0.25) is 0 Å². The van der Waals surface area contributed by atoms with Gasteiger partial charge in [-0.3, -0.25) is 0 Å². The van der Waals surface area contributed by atoms with E-state index >= 15 is 0 Å². The Balaban J connectivity index is 1.99. The molecule has 0 aliphatic carbocycles. The van der Waals surface area contributed by atoms with Gasteiger partial charge in [0.15, 0.2) is 0 Å². The summed E-state index contributed by atoms with van der Waals surface area (Å²) in [5, 5.41) is 0. The van der Waals surface area contributed by atoms with E-state index in [0.717, 1.165) is 0 Å². The average Bonchev–Trinajstić information content (AvgIpc) is 2.25. The first-order valence-electron chi connectivity index (χ1n) is 5.55. The molecule has 0 fully saturated rings. The number of unbranched alkanes of at least 4 members (excludes halogenated alkanes) is 3. The summed E-state index contributed by atoms with van der Waals surface area (Å²) in [6.45, 7) is 2.26. The van der Waals surface area contributed by atoms with E-state index in [1.54, 1.807) is 0 Å². The fraction of sp³-hybridized carbons (Fsp3) is 0.538. The summed E-state index contributed by atoms with van der Waals surface area (Å²) in [4.78, 5) is 0. The summed E-state index contributed by atoms with van der Waals surface area (Å²) in [5.74, 6) is 2.49. The van der Waals surface area contributed by atoms with Crippen molar-refractivity contribution in [3.8, 4) is 0 Å². The Labute approximate surface area is 92.1 Å². The van der Waals surface area contributed by atoms with Crippen molar-refractivity contribution in [2.45, 2.75) is 38.4 Å². The molecule has 0 aliphatic heterocycles. The highest BCUT2D eigenvalue weighted by Gasteiger charge is 1.92. The first-order chi connectivity index (χ1) is 6.93. The molecular formula is C13H20S. The third-order valence-corrected chi connectivity index (χ3v) is 3.37. The van der Waals surface area contributed by atoms with Crippen molar-refractivity contribution in [3.05, 3.63) is 35.9 Å². The second-order valence-corrected chi connectivity index (χ2v) is 4.70. The van der Waals surface area contributed by atoms with Crippen LogP contribution in [-0.4, -0.2) is 5.75 Å². The molecule has 0 radical (unpaired) electrons. The molecule has 0 amide bonds. The highest BCUT2D eigenvalue weighted by atomic mass is 32.2. The van der Waals surface area contributed by atoms with Crippen LogP contribution in [0.5, 0.6) is 0 Å². The molecule has 1 rings (SSSR count). The van der Waals surface area contributed by atoms with Crippen molar-refractivity contribution < 1.29 is 0 Å². The molecule has 0 aliphatic rings. The second kappa shape index (κ2) is 7.93. The zero-order valence-corrected chi connectivity index (χ0v) is 9.85. The lowest BCUT2D eigenvalue weighted by atomic mass is 10.2. The van der Waals surface area contributed by atoms with Crippen LogP contribution in [0.15, 0.2) is 30.3 Å². The van der Waals surface area contributed by atoms with Crippen molar-refractivity contribution >= 4 is 11.8 Å². The number of rotatable bonds is 7. The van der Waals surface area contributed by atoms with Gasteiger partial charge in [0.1, 0.15) is 0 Å². The van der Waals surface area contributed by atoms with Crippen LogP contribution in [0.3, 0.4) is 0 Å². The van der Waals surface area contributed by atoms with Crippen LogP contribution in [0, 0.1) is 0 Å². The Morgan fingerprint density at radius 1 is 1.00 bits per heavy atom. The van der Waals surface area contributed by atoms with Gasteiger partial charge in [0.2, 0.25) is 0 Å². The molecule has 78 valence electrons. The molecule has 0 spiro atoms. The molecule has 0 bridgehead atoms. The molecule has 0 nitrogen and oxygen atoms in total. The van der Waals surface area contributed by atoms with Crippen LogP contribution >= 0.6 is 11.8 Å². The summed E-state index contributed by atoms with van der Waals surface area (Å²) in [6, 6.07) is 10.7. The quantitative estimate of drug-likeness (QED) is 0.594. The predicted octanol–water partition coefficient (Wildman–Crippen LogP) is 4.50. The first kappa shape index (κ1) is 11.6. The van der Waals surface area contributed by atoms with Crippen LogP contribution in [0.1, 0.15) is 38.2 Å². The SMILES string of the molecule is CCCCCCSCc1ccccc1. The molecule has 0 unspecified atom stereocenters. The monoisotopic (exact) mass is 208 g/mol. The molecule has 0 saturated carbocycles. The Hall–Kier alpha value is -0.430. The Bertz CT molecular complexity index is 218. The van der Waals surface area contributed by atoms with Crippen molar-refractivity contribution in [1.29, 1.82) is 0 Å². The molecule has 0 saturated heterocycles. The Kier molecular flexibility index (Phi) is 6.59. The molecule has 1 aromatic rings. The van der Waals surface area contributed by atoms with Gasteiger partial charge in [-0.2, -0.15) is 11.8 Å². The molecule has 1 heteroatoms. The summed E-state index contributed by atoms with van der Waals surface area (Å²) in [7, 11) is 0. The highest BCUT2D eigenvalue weighted by Crippen LogP contribution is 2.14. The van der Waals surface area contributed by atoms with Crippen LogP contribution in [0.4, 0.5) is 0 Å². The summed E-state index contributed by atoms with van der Waals surface area (Å²) in [5.41, 5.74) is 1.45. The van der Waals surface area contributed by atoms with Gasteiger partial charge in [0.05, 0.1) is 0 Å². The Morgan fingerprint density at radius 2 is 1.79 bits per heavy atom. The smallest absolute Gasteiger partial charge is 0.0184 e. The lowest BCUT2D eigenvalue weighted by Crippen LogP contribution is -1.83. The van der Waals surface area contributed by atoms with E-state index in [1.165, 1.54) is 42.8 Å². The standard InChI is InChI=1S/C13H20S/c1-2-3-4-8-11-14-12-13-9-6-5-7-10-13/h5-7,9-10H,2-4,8,11-12H2,1H3. The van der Waals surface area contributed by atoms with E-state index < -0.39 is 0 Å². The number of hydrogen-bond donors (Lipinski definition) is 0. The topological polar surface area (TPSA) is 0 Å². The minimum atomic E-state index is 1.17. The van der Waals surface area contributed by atoms with E-state index in [4.69, 9.17) is 0 Å². The van der Waals surface area contributed by atoms with Gasteiger partial charge in [-0.15, -0.1) is 0 Å². The average molecular weight is 208 g/mol. The summed E-state index contributed by atoms with van der Waals surface area (Å²) >= 11 is 2.06. The van der Waals surface area contributed by atoms with Crippen molar-refractivity contribution in [2.24, 2.45) is 0 Å². The third-order valence-electron chi connectivity index (χ3n) is 2.25. The second-order valence-electron chi connectivity index (χ2n) is 3.60. The van der Waals surface area contributed by atoms with E-state index in [-0.39, 0.29) is 0 Å². The maximum Gasteiger partial charge on any atom is 0.0184 e. The third kappa shape index (κ3) is 5.33. The normalized spacial score (nSPS) is 10.4. The van der Waals surface area contributed by atoms with Gasteiger partial charge in [-0.1, -0.05) is 56.5 Å². The van der Waals surface area contributed by atoms with Gasteiger partial charge >= 0.3 is 0 Å². The molecule has 1 aromatic carbocycles. The maximum atomic E-state index is 2.26. The fourth-order valence-electron chi connectivity index (χ4n) is 1.40. The van der Waals surface area contributed by atoms with Crippen molar-refractivity contribution in [2.75, 3.05) is 5.75 Å². The van der Waals surface area contributed by atoms with E-state index in [2.05, 4.69) is 49.0 Å². The predicted molar refractivity (Wildman–Crippen MR) is 66.7 cm³/mol. The van der Waals surface area contributed by atoms with Gasteiger partial charge in [0.25, 0.3) is 0 Å². The fourth-order valence-corrected chi connectivity index (χ4v) is 2.38. The number of benzene rings is 1. The Morgan fingerprint density at radius 3 is 2.50 bits per heavy atom. The van der Waals surface area contributed by atoms with E-state index in [1.807, 2.05) is 0 Å². The largest absolute Gasteiger partial charge is 0.157 e. The van der Waals surface area contributed by atoms with Gasteiger partial charge in [-0.05, 0) is 17.7 Å². The molecule has 0 aromatic heterocycles. The minimum absolute atomic E-state index is 1.17. The number of thioether (sulfide) groups is 1. The highest BCUT2D eigenvalue weighted by molar-refractivity contribution is 7.98.